The molecular formula is C24H24N2O4. The van der Waals surface area contributed by atoms with Gasteiger partial charge in [-0.25, -0.2) is 0 Å². The van der Waals surface area contributed by atoms with Gasteiger partial charge in [0.05, 0.1) is 17.8 Å². The molecule has 4 rings (SSSR count). The Kier molecular flexibility index (Phi) is 4.97. The molecular weight excluding hydrogens is 381 g/mol. The average molecular weight is 408 g/mol. The van der Waals surface area contributed by atoms with Gasteiger partial charge in [-0.05, 0) is 60.5 Å². The van der Waals surface area contributed by atoms with Gasteiger partial charge in [-0.2, -0.15) is 4.98 Å². The Morgan fingerprint density at radius 1 is 1.03 bits per heavy atom. The quantitative estimate of drug-likeness (QED) is 0.310. The van der Waals surface area contributed by atoms with Crippen LogP contribution in [0.2, 0.25) is 0 Å². The highest BCUT2D eigenvalue weighted by atomic mass is 16.5. The first-order chi connectivity index (χ1) is 15.9. The van der Waals surface area contributed by atoms with Crippen molar-refractivity contribution in [1.29, 1.82) is 0 Å². The van der Waals surface area contributed by atoms with Gasteiger partial charge in [0.1, 0.15) is 22.8 Å². The van der Waals surface area contributed by atoms with E-state index in [2.05, 4.69) is 4.98 Å². The van der Waals surface area contributed by atoms with Crippen molar-refractivity contribution in [3.63, 3.8) is 0 Å². The van der Waals surface area contributed by atoms with Gasteiger partial charge >= 0.3 is 0 Å². The minimum Gasteiger partial charge on any atom is -0.508 e. The number of para-hydroxylation sites is 2. The molecule has 4 aromatic rings. The lowest BCUT2D eigenvalue weighted by Crippen LogP contribution is -2.25. The van der Waals surface area contributed by atoms with Crippen molar-refractivity contribution in [1.82, 2.24) is 4.98 Å². The van der Waals surface area contributed by atoms with Crippen LogP contribution in [-0.4, -0.2) is 30.3 Å². The molecule has 1 N–H and O–H groups in total. The lowest BCUT2D eigenvalue weighted by atomic mass is 10.2. The number of aromatic nitrogens is 1. The third-order valence-corrected chi connectivity index (χ3v) is 4.62. The summed E-state index contributed by atoms with van der Waals surface area (Å²) in [5.74, 6) is 1.09. The minimum absolute atomic E-state index is 0.208. The van der Waals surface area contributed by atoms with Crippen molar-refractivity contribution in [2.75, 3.05) is 25.1 Å². The number of nitrogens with zero attached hydrogens (tertiary/aromatic N) is 2. The summed E-state index contributed by atoms with van der Waals surface area (Å²) in [5.41, 5.74) is 2.43. The summed E-state index contributed by atoms with van der Waals surface area (Å²) in [6.45, 7) is 1.57. The van der Waals surface area contributed by atoms with Gasteiger partial charge in [-0.15, -0.1) is 0 Å². The van der Waals surface area contributed by atoms with E-state index < -0.39 is 7.04 Å². The Bertz CT molecular complexity index is 1160. The molecule has 0 radical (unpaired) electrons. The Balaban J connectivity index is 1.39. The zero-order valence-corrected chi connectivity index (χ0v) is 16.3. The topological polar surface area (TPSA) is 68.0 Å². The second kappa shape index (κ2) is 9.22. The number of hydrogen-bond donors (Lipinski definition) is 1. The first-order valence-corrected chi connectivity index (χ1v) is 9.66. The van der Waals surface area contributed by atoms with E-state index in [1.54, 1.807) is 42.5 Å². The van der Waals surface area contributed by atoms with Gasteiger partial charge in [0.2, 0.25) is 0 Å². The highest BCUT2D eigenvalue weighted by molar-refractivity contribution is 5.74. The standard InChI is InChI=1S/C24H24N2O4/c1-28-20-10-12-21(13-11-20)29-15-5-14-26(17-18-6-4-7-19(27)16-18)24-25-22-8-2-3-9-23(22)30-24/h2-4,6-13,16,27H,5,14-15,17H2,1H3/i1+1D3. The van der Waals surface area contributed by atoms with Crippen molar-refractivity contribution in [3.05, 3.63) is 78.4 Å². The molecule has 0 spiro atoms. The lowest BCUT2D eigenvalue weighted by Gasteiger charge is -2.21. The minimum atomic E-state index is -2.48. The van der Waals surface area contributed by atoms with Crippen LogP contribution in [0.4, 0.5) is 6.01 Å². The summed E-state index contributed by atoms with van der Waals surface area (Å²) in [6.07, 6.45) is 0.686. The fraction of sp³-hybridized carbons (Fsp3) is 0.208. The maximum absolute atomic E-state index is 9.82. The van der Waals surface area contributed by atoms with Crippen molar-refractivity contribution in [2.45, 2.75) is 13.0 Å². The molecule has 0 bridgehead atoms. The first-order valence-electron chi connectivity index (χ1n) is 11.2. The maximum atomic E-state index is 9.82. The van der Waals surface area contributed by atoms with E-state index in [1.165, 1.54) is 0 Å². The molecule has 1 heterocycles. The molecule has 3 aromatic carbocycles. The smallest absolute Gasteiger partial charge is 0.298 e. The maximum Gasteiger partial charge on any atom is 0.298 e. The molecule has 30 heavy (non-hydrogen) atoms. The summed E-state index contributed by atoms with van der Waals surface area (Å²) in [6, 6.07) is 21.7. The van der Waals surface area contributed by atoms with Crippen molar-refractivity contribution < 1.29 is 23.1 Å². The normalized spacial score (nSPS) is 12.7. The number of ether oxygens (including phenoxy) is 2. The Morgan fingerprint density at radius 2 is 1.87 bits per heavy atom. The summed E-state index contributed by atoms with van der Waals surface area (Å²) in [4.78, 5) is 6.61. The zero-order chi connectivity index (χ0) is 23.3. The number of anilines is 1. The van der Waals surface area contributed by atoms with Crippen molar-refractivity contribution >= 4 is 17.1 Å². The highest BCUT2D eigenvalue weighted by Gasteiger charge is 2.15. The second-order valence-corrected chi connectivity index (χ2v) is 6.83. The number of rotatable bonds is 9. The number of phenolic OH excluding ortho intramolecular Hbond substituents is 1. The predicted molar refractivity (Wildman–Crippen MR) is 116 cm³/mol. The summed E-state index contributed by atoms with van der Waals surface area (Å²) in [5, 5.41) is 9.82. The molecule has 0 aliphatic carbocycles. The van der Waals surface area contributed by atoms with Crippen LogP contribution < -0.4 is 14.4 Å². The molecule has 6 heteroatoms. The van der Waals surface area contributed by atoms with E-state index in [-0.39, 0.29) is 11.5 Å². The number of methoxy groups -OCH3 is 1. The number of benzene rings is 3. The van der Waals surface area contributed by atoms with Crippen LogP contribution in [0.25, 0.3) is 11.1 Å². The van der Waals surface area contributed by atoms with Gasteiger partial charge in [-0.1, -0.05) is 24.3 Å². The molecule has 0 unspecified atom stereocenters. The molecule has 0 saturated carbocycles. The van der Waals surface area contributed by atoms with E-state index in [4.69, 9.17) is 18.0 Å². The van der Waals surface area contributed by atoms with E-state index in [1.807, 2.05) is 35.2 Å². The molecule has 6 nitrogen and oxygen atoms in total. The monoisotopic (exact) mass is 408 g/mol. The average Bonchev–Trinajstić information content (AvgIpc) is 3.20. The SMILES string of the molecule is [2H][13C]([2H])([2H])Oc1ccc(OCCCN(Cc2cccc(O)c2)c2nc3ccccc3o2)cc1. The Labute approximate surface area is 179 Å². The molecule has 0 saturated heterocycles. The van der Waals surface area contributed by atoms with E-state index >= 15 is 0 Å². The number of hydrogen-bond acceptors (Lipinski definition) is 6. The number of oxazole rings is 1. The van der Waals surface area contributed by atoms with Crippen molar-refractivity contribution in [2.24, 2.45) is 0 Å². The fourth-order valence-corrected chi connectivity index (χ4v) is 3.16. The molecule has 154 valence electrons. The van der Waals surface area contributed by atoms with E-state index in [9.17, 15) is 5.11 Å². The number of phenols is 1. The van der Waals surface area contributed by atoms with Gasteiger partial charge in [0, 0.05) is 13.1 Å². The third-order valence-electron chi connectivity index (χ3n) is 4.62. The predicted octanol–water partition coefficient (Wildman–Crippen LogP) is 5.02. The molecule has 0 fully saturated rings. The van der Waals surface area contributed by atoms with Crippen LogP contribution in [0.5, 0.6) is 17.2 Å². The van der Waals surface area contributed by atoms with Gasteiger partial charge in [0.15, 0.2) is 5.58 Å². The third kappa shape index (κ3) is 4.84. The largest absolute Gasteiger partial charge is 0.508 e. The van der Waals surface area contributed by atoms with Gasteiger partial charge in [0.25, 0.3) is 6.01 Å². The summed E-state index contributed by atoms with van der Waals surface area (Å²) < 4.78 is 38.0. The van der Waals surface area contributed by atoms with Crippen molar-refractivity contribution in [3.8, 4) is 17.2 Å². The van der Waals surface area contributed by atoms with Crippen LogP contribution in [0.3, 0.4) is 0 Å². The lowest BCUT2D eigenvalue weighted by molar-refractivity contribution is 0.309. The van der Waals surface area contributed by atoms with Crippen LogP contribution in [0.1, 0.15) is 16.1 Å². The highest BCUT2D eigenvalue weighted by Crippen LogP contribution is 2.24. The van der Waals surface area contributed by atoms with E-state index in [0.29, 0.717) is 43.5 Å². The van der Waals surface area contributed by atoms with Crippen LogP contribution in [-0.2, 0) is 6.54 Å². The Hall–Kier alpha value is -3.67. The molecule has 1 aromatic heterocycles. The molecule has 0 atom stereocenters. The molecule has 0 aliphatic heterocycles. The summed E-state index contributed by atoms with van der Waals surface area (Å²) >= 11 is 0. The van der Waals surface area contributed by atoms with E-state index in [0.717, 1.165) is 11.1 Å². The second-order valence-electron chi connectivity index (χ2n) is 6.83. The zero-order valence-electron chi connectivity index (χ0n) is 19.3. The van der Waals surface area contributed by atoms with Gasteiger partial charge < -0.3 is 23.9 Å². The Morgan fingerprint density at radius 3 is 2.67 bits per heavy atom. The molecule has 0 aliphatic rings. The number of fused-ring (bicyclic) bond motifs is 1. The number of aromatic hydroxyl groups is 1. The van der Waals surface area contributed by atoms with Crippen LogP contribution in [0.15, 0.2) is 77.2 Å². The van der Waals surface area contributed by atoms with Gasteiger partial charge in [-0.3, -0.25) is 0 Å². The summed E-state index contributed by atoms with van der Waals surface area (Å²) in [7, 11) is -2.48. The first kappa shape index (κ1) is 16.2. The molecule has 0 amide bonds. The van der Waals surface area contributed by atoms with Crippen LogP contribution >= 0.6 is 0 Å². The van der Waals surface area contributed by atoms with Crippen LogP contribution in [0, 0.1) is 0 Å². The fourth-order valence-electron chi connectivity index (χ4n) is 3.16.